The highest BCUT2D eigenvalue weighted by Gasteiger charge is 2.34. The molecule has 7 heteroatoms. The Hall–Kier alpha value is -3.22. The van der Waals surface area contributed by atoms with Crippen LogP contribution in [0.4, 0.5) is 5.69 Å². The van der Waals surface area contributed by atoms with Crippen LogP contribution in [-0.4, -0.2) is 45.4 Å². The number of methoxy groups -OCH3 is 3. The van der Waals surface area contributed by atoms with E-state index in [1.165, 1.54) is 33.5 Å². The summed E-state index contributed by atoms with van der Waals surface area (Å²) in [5, 5.41) is 0. The Morgan fingerprint density at radius 3 is 2.24 bits per heavy atom. The zero-order chi connectivity index (χ0) is 21.1. The number of carbonyl (C=O) groups is 2. The van der Waals surface area contributed by atoms with E-state index in [0.717, 1.165) is 17.7 Å². The van der Waals surface area contributed by atoms with Crippen molar-refractivity contribution in [2.75, 3.05) is 26.2 Å². The van der Waals surface area contributed by atoms with Gasteiger partial charge >= 0.3 is 5.97 Å². The maximum absolute atomic E-state index is 13.0. The second-order valence-corrected chi connectivity index (χ2v) is 6.85. The van der Waals surface area contributed by atoms with Crippen LogP contribution in [0.1, 0.15) is 29.8 Å². The first-order valence-corrected chi connectivity index (χ1v) is 9.33. The zero-order valence-electron chi connectivity index (χ0n) is 17.2. The Balaban J connectivity index is 1.80. The fourth-order valence-electron chi connectivity index (χ4n) is 3.58. The average Bonchev–Trinajstić information content (AvgIpc) is 3.07. The molecule has 0 aliphatic carbocycles. The second kappa shape index (κ2) is 8.43. The first-order chi connectivity index (χ1) is 13.9. The lowest BCUT2D eigenvalue weighted by atomic mass is 10.1. The number of hydrogen-bond donors (Lipinski definition) is 0. The van der Waals surface area contributed by atoms with Gasteiger partial charge in [0.15, 0.2) is 17.6 Å². The predicted octanol–water partition coefficient (Wildman–Crippen LogP) is 3.24. The Morgan fingerprint density at radius 2 is 1.66 bits per heavy atom. The maximum Gasteiger partial charge on any atom is 0.339 e. The molecular formula is C22H25NO6. The summed E-state index contributed by atoms with van der Waals surface area (Å²) in [6, 6.07) is 10.7. The number of hydrogen-bond acceptors (Lipinski definition) is 6. The Labute approximate surface area is 170 Å². The number of fused-ring (bicyclic) bond motifs is 1. The number of anilines is 1. The summed E-state index contributed by atoms with van der Waals surface area (Å²) in [7, 11) is 4.41. The van der Waals surface area contributed by atoms with E-state index in [9.17, 15) is 9.59 Å². The van der Waals surface area contributed by atoms with Gasteiger partial charge in [-0.3, -0.25) is 4.79 Å². The molecule has 3 rings (SSSR count). The van der Waals surface area contributed by atoms with E-state index in [2.05, 4.69) is 0 Å². The molecule has 7 nitrogen and oxygen atoms in total. The van der Waals surface area contributed by atoms with Crippen molar-refractivity contribution < 1.29 is 28.5 Å². The summed E-state index contributed by atoms with van der Waals surface area (Å²) >= 11 is 0. The summed E-state index contributed by atoms with van der Waals surface area (Å²) < 4.78 is 21.3. The lowest BCUT2D eigenvalue weighted by Crippen LogP contribution is -2.43. The van der Waals surface area contributed by atoms with Gasteiger partial charge in [0.2, 0.25) is 5.75 Å². The average molecular weight is 399 g/mol. The van der Waals surface area contributed by atoms with E-state index in [-0.39, 0.29) is 17.5 Å². The highest BCUT2D eigenvalue weighted by Crippen LogP contribution is 2.38. The minimum Gasteiger partial charge on any atom is -0.493 e. The summed E-state index contributed by atoms with van der Waals surface area (Å²) in [5.41, 5.74) is 2.17. The molecule has 1 aliphatic rings. The van der Waals surface area contributed by atoms with Crippen LogP contribution in [0.5, 0.6) is 17.2 Å². The minimum absolute atomic E-state index is 0.00206. The van der Waals surface area contributed by atoms with Crippen molar-refractivity contribution in [2.45, 2.75) is 32.4 Å². The predicted molar refractivity (Wildman–Crippen MR) is 108 cm³/mol. The van der Waals surface area contributed by atoms with Crippen LogP contribution in [0.15, 0.2) is 36.4 Å². The fourth-order valence-corrected chi connectivity index (χ4v) is 3.58. The van der Waals surface area contributed by atoms with Crippen LogP contribution in [-0.2, 0) is 16.0 Å². The van der Waals surface area contributed by atoms with Crippen molar-refractivity contribution in [1.82, 2.24) is 0 Å². The molecule has 1 heterocycles. The number of nitrogens with zero attached hydrogens (tertiary/aromatic N) is 1. The molecule has 2 aromatic carbocycles. The number of amides is 1. The van der Waals surface area contributed by atoms with E-state index < -0.39 is 12.1 Å². The van der Waals surface area contributed by atoms with E-state index in [1.54, 1.807) is 11.8 Å². The van der Waals surface area contributed by atoms with Crippen LogP contribution < -0.4 is 19.1 Å². The second-order valence-electron chi connectivity index (χ2n) is 6.85. The lowest BCUT2D eigenvalue weighted by molar-refractivity contribution is -0.126. The number of para-hydroxylation sites is 1. The molecule has 1 amide bonds. The molecule has 29 heavy (non-hydrogen) atoms. The molecule has 0 saturated heterocycles. The molecule has 0 radical (unpaired) electrons. The van der Waals surface area contributed by atoms with Crippen molar-refractivity contribution >= 4 is 17.6 Å². The molecule has 1 aliphatic heterocycles. The molecule has 0 unspecified atom stereocenters. The molecule has 0 fully saturated rings. The van der Waals surface area contributed by atoms with Gasteiger partial charge in [-0.05, 0) is 44.0 Å². The first-order valence-electron chi connectivity index (χ1n) is 9.33. The SMILES string of the molecule is COc1cc(C(=O)O[C@H](C)C(=O)N2c3ccccc3C[C@H]2C)cc(OC)c1OC. The van der Waals surface area contributed by atoms with Gasteiger partial charge in [-0.15, -0.1) is 0 Å². The summed E-state index contributed by atoms with van der Waals surface area (Å²) in [6.07, 6.45) is -0.176. The normalized spacial score (nSPS) is 16.0. The molecule has 2 atom stereocenters. The summed E-state index contributed by atoms with van der Waals surface area (Å²) in [6.45, 7) is 3.55. The van der Waals surface area contributed by atoms with Crippen LogP contribution >= 0.6 is 0 Å². The third kappa shape index (κ3) is 3.85. The number of esters is 1. The zero-order valence-corrected chi connectivity index (χ0v) is 17.2. The van der Waals surface area contributed by atoms with Crippen molar-refractivity contribution in [2.24, 2.45) is 0 Å². The molecule has 154 valence electrons. The summed E-state index contributed by atoms with van der Waals surface area (Å²) in [4.78, 5) is 27.4. The van der Waals surface area contributed by atoms with Gasteiger partial charge in [-0.25, -0.2) is 4.79 Å². The smallest absolute Gasteiger partial charge is 0.339 e. The first kappa shape index (κ1) is 20.5. The largest absolute Gasteiger partial charge is 0.493 e. The van der Waals surface area contributed by atoms with Crippen LogP contribution in [0.2, 0.25) is 0 Å². The van der Waals surface area contributed by atoms with E-state index in [0.29, 0.717) is 17.2 Å². The number of rotatable bonds is 6. The Kier molecular flexibility index (Phi) is 5.96. The van der Waals surface area contributed by atoms with Crippen molar-refractivity contribution in [3.63, 3.8) is 0 Å². The third-order valence-electron chi connectivity index (χ3n) is 4.98. The highest BCUT2D eigenvalue weighted by molar-refractivity contribution is 6.01. The molecule has 0 aromatic heterocycles. The highest BCUT2D eigenvalue weighted by atomic mass is 16.6. The maximum atomic E-state index is 13.0. The van der Waals surface area contributed by atoms with E-state index in [1.807, 2.05) is 31.2 Å². The van der Waals surface area contributed by atoms with Crippen LogP contribution in [0.3, 0.4) is 0 Å². The third-order valence-corrected chi connectivity index (χ3v) is 4.98. The van der Waals surface area contributed by atoms with Crippen LogP contribution in [0.25, 0.3) is 0 Å². The van der Waals surface area contributed by atoms with Gasteiger partial charge in [-0.2, -0.15) is 0 Å². The van der Waals surface area contributed by atoms with Gasteiger partial charge in [0.25, 0.3) is 5.91 Å². The quantitative estimate of drug-likeness (QED) is 0.695. The van der Waals surface area contributed by atoms with Crippen molar-refractivity contribution in [3.05, 3.63) is 47.5 Å². The van der Waals surface area contributed by atoms with Gasteiger partial charge in [0, 0.05) is 11.7 Å². The molecular weight excluding hydrogens is 374 g/mol. The monoisotopic (exact) mass is 399 g/mol. The summed E-state index contributed by atoms with van der Waals surface area (Å²) in [5.74, 6) is 0.131. The van der Waals surface area contributed by atoms with Crippen LogP contribution in [0, 0.1) is 0 Å². The lowest BCUT2D eigenvalue weighted by Gasteiger charge is -2.26. The number of ether oxygens (including phenoxy) is 4. The van der Waals surface area contributed by atoms with Gasteiger partial charge in [-0.1, -0.05) is 18.2 Å². The molecule has 0 saturated carbocycles. The van der Waals surface area contributed by atoms with Crippen molar-refractivity contribution in [3.8, 4) is 17.2 Å². The molecule has 0 N–H and O–H groups in total. The minimum atomic E-state index is -0.949. The molecule has 2 aromatic rings. The number of carbonyl (C=O) groups excluding carboxylic acids is 2. The topological polar surface area (TPSA) is 74.3 Å². The standard InChI is InChI=1S/C22H25NO6/c1-13-10-15-8-6-7-9-17(15)23(13)21(24)14(2)29-22(25)16-11-18(26-3)20(28-5)19(12-16)27-4/h6-9,11-14H,10H2,1-5H3/t13-,14-/m1/s1. The van der Waals surface area contributed by atoms with E-state index in [4.69, 9.17) is 18.9 Å². The molecule has 0 bridgehead atoms. The fraction of sp³-hybridized carbons (Fsp3) is 0.364. The van der Waals surface area contributed by atoms with Gasteiger partial charge < -0.3 is 23.8 Å². The van der Waals surface area contributed by atoms with Gasteiger partial charge in [0.1, 0.15) is 0 Å². The Bertz CT molecular complexity index is 900. The van der Waals surface area contributed by atoms with E-state index >= 15 is 0 Å². The van der Waals surface area contributed by atoms with Crippen molar-refractivity contribution in [1.29, 1.82) is 0 Å². The molecule has 0 spiro atoms. The Morgan fingerprint density at radius 1 is 1.03 bits per heavy atom. The number of benzene rings is 2. The van der Waals surface area contributed by atoms with Gasteiger partial charge in [0.05, 0.1) is 26.9 Å².